The number of aromatic nitrogens is 1. The van der Waals surface area contributed by atoms with Gasteiger partial charge in [-0.05, 0) is 37.5 Å². The molecule has 3 rings (SSSR count). The molecule has 2 saturated heterocycles. The highest BCUT2D eigenvalue weighted by atomic mass is 35.5. The van der Waals surface area contributed by atoms with Gasteiger partial charge in [0.1, 0.15) is 0 Å². The van der Waals surface area contributed by atoms with E-state index < -0.39 is 0 Å². The van der Waals surface area contributed by atoms with E-state index in [0.29, 0.717) is 30.3 Å². The topological polar surface area (TPSA) is 54.0 Å². The van der Waals surface area contributed by atoms with Gasteiger partial charge < -0.3 is 10.6 Å². The number of hydrogen-bond acceptors (Lipinski definition) is 4. The Bertz CT molecular complexity index is 479. The maximum atomic E-state index is 12.1. The van der Waals surface area contributed by atoms with Crippen molar-refractivity contribution in [1.82, 2.24) is 10.3 Å². The van der Waals surface area contributed by atoms with Crippen LogP contribution in [0, 0.1) is 5.92 Å². The summed E-state index contributed by atoms with van der Waals surface area (Å²) in [5.74, 6) is 1.14. The first-order valence-corrected chi connectivity index (χ1v) is 8.43. The van der Waals surface area contributed by atoms with E-state index in [2.05, 4.69) is 29.5 Å². The summed E-state index contributed by atoms with van der Waals surface area (Å²) in [6.07, 6.45) is 7.39. The fourth-order valence-electron chi connectivity index (χ4n) is 3.39. The number of rotatable bonds is 4. The van der Waals surface area contributed by atoms with Crippen LogP contribution in [0.3, 0.4) is 0 Å². The van der Waals surface area contributed by atoms with Crippen LogP contribution < -0.4 is 10.6 Å². The molecule has 0 radical (unpaired) electrons. The smallest absolute Gasteiger partial charge is 0.226 e. The van der Waals surface area contributed by atoms with Gasteiger partial charge in [0, 0.05) is 29.6 Å². The third kappa shape index (κ3) is 4.18. The Balaban J connectivity index is 0.00000161. The minimum absolute atomic E-state index is 0. The van der Waals surface area contributed by atoms with Gasteiger partial charge in [-0.2, -0.15) is 0 Å². The maximum Gasteiger partial charge on any atom is 0.226 e. The van der Waals surface area contributed by atoms with Crippen molar-refractivity contribution in [3.63, 3.8) is 0 Å². The van der Waals surface area contributed by atoms with Crippen molar-refractivity contribution in [2.24, 2.45) is 5.92 Å². The maximum absolute atomic E-state index is 12.1. The summed E-state index contributed by atoms with van der Waals surface area (Å²) in [4.78, 5) is 17.6. The van der Waals surface area contributed by atoms with Crippen molar-refractivity contribution in [3.05, 3.63) is 11.1 Å². The van der Waals surface area contributed by atoms with Gasteiger partial charge in [-0.15, -0.1) is 23.7 Å². The van der Waals surface area contributed by atoms with Crippen LogP contribution in [0.4, 0.5) is 5.13 Å². The number of nitrogens with one attached hydrogen (secondary N) is 2. The molecule has 2 aliphatic heterocycles. The zero-order chi connectivity index (χ0) is 14.1. The predicted molar refractivity (Wildman–Crippen MR) is 89.4 cm³/mol. The molecule has 0 saturated carbocycles. The third-order valence-electron chi connectivity index (χ3n) is 4.38. The largest absolute Gasteiger partial charge is 0.311 e. The SMILES string of the molecule is CC(C)c1cnc(NC(=O)CC2CC3CCC(C2)N3)s1.Cl. The molecule has 1 aromatic heterocycles. The number of amides is 1. The summed E-state index contributed by atoms with van der Waals surface area (Å²) in [6, 6.07) is 1.30. The number of carbonyl (C=O) groups is 1. The number of anilines is 1. The van der Waals surface area contributed by atoms with E-state index in [1.807, 2.05) is 6.20 Å². The van der Waals surface area contributed by atoms with Crippen molar-refractivity contribution < 1.29 is 4.79 Å². The van der Waals surface area contributed by atoms with Gasteiger partial charge in [-0.1, -0.05) is 13.8 Å². The van der Waals surface area contributed by atoms with Crippen LogP contribution in [0.15, 0.2) is 6.20 Å². The minimum Gasteiger partial charge on any atom is -0.311 e. The van der Waals surface area contributed by atoms with Crippen molar-refractivity contribution in [2.45, 2.75) is 64.0 Å². The van der Waals surface area contributed by atoms with Gasteiger partial charge in [0.25, 0.3) is 0 Å². The molecule has 3 heterocycles. The number of fused-ring (bicyclic) bond motifs is 2. The number of halogens is 1. The molecule has 21 heavy (non-hydrogen) atoms. The van der Waals surface area contributed by atoms with Gasteiger partial charge in [0.05, 0.1) is 0 Å². The molecule has 0 aliphatic carbocycles. The number of nitrogens with zero attached hydrogens (tertiary/aromatic N) is 1. The molecule has 1 amide bonds. The van der Waals surface area contributed by atoms with Crippen LogP contribution in [-0.4, -0.2) is 23.0 Å². The summed E-state index contributed by atoms with van der Waals surface area (Å²) >= 11 is 1.59. The van der Waals surface area contributed by atoms with E-state index in [1.54, 1.807) is 11.3 Å². The van der Waals surface area contributed by atoms with Crippen LogP contribution in [0.5, 0.6) is 0 Å². The Kier molecular flexibility index (Phi) is 5.63. The normalized spacial score (nSPS) is 27.5. The number of thiazole rings is 1. The Labute approximate surface area is 136 Å². The highest BCUT2D eigenvalue weighted by Crippen LogP contribution is 2.33. The molecule has 2 fully saturated rings. The molecule has 2 N–H and O–H groups in total. The molecule has 1 aromatic rings. The Hall–Kier alpha value is -0.650. The van der Waals surface area contributed by atoms with Gasteiger partial charge >= 0.3 is 0 Å². The van der Waals surface area contributed by atoms with E-state index in [4.69, 9.17) is 0 Å². The fourth-order valence-corrected chi connectivity index (χ4v) is 4.22. The summed E-state index contributed by atoms with van der Waals surface area (Å²) in [5.41, 5.74) is 0. The molecule has 118 valence electrons. The van der Waals surface area contributed by atoms with E-state index >= 15 is 0 Å². The lowest BCUT2D eigenvalue weighted by Gasteiger charge is -2.28. The quantitative estimate of drug-likeness (QED) is 0.888. The average molecular weight is 330 g/mol. The lowest BCUT2D eigenvalue weighted by molar-refractivity contribution is -0.117. The average Bonchev–Trinajstić information content (AvgIpc) is 2.96. The van der Waals surface area contributed by atoms with Crippen LogP contribution in [0.1, 0.15) is 56.7 Å². The molecular weight excluding hydrogens is 306 g/mol. The summed E-state index contributed by atoms with van der Waals surface area (Å²) in [5, 5.41) is 7.33. The molecule has 0 spiro atoms. The molecule has 2 aliphatic rings. The third-order valence-corrected chi connectivity index (χ3v) is 5.60. The number of hydrogen-bond donors (Lipinski definition) is 2. The predicted octanol–water partition coefficient (Wildman–Crippen LogP) is 3.55. The fraction of sp³-hybridized carbons (Fsp3) is 0.733. The van der Waals surface area contributed by atoms with Crippen molar-refractivity contribution >= 4 is 34.8 Å². The number of carbonyl (C=O) groups excluding carboxylic acids is 1. The Morgan fingerprint density at radius 1 is 1.43 bits per heavy atom. The summed E-state index contributed by atoms with van der Waals surface area (Å²) in [6.45, 7) is 4.29. The molecule has 0 aromatic carbocycles. The van der Waals surface area contributed by atoms with Crippen LogP contribution in [0.25, 0.3) is 0 Å². The standard InChI is InChI=1S/C15H23N3OS.ClH/c1-9(2)13-8-16-15(20-13)18-14(19)7-10-5-11-3-4-12(6-10)17-11;/h8-12,17H,3-7H2,1-2H3,(H,16,18,19);1H. The first-order chi connectivity index (χ1) is 9.60. The molecule has 6 heteroatoms. The second kappa shape index (κ2) is 7.07. The van der Waals surface area contributed by atoms with Crippen molar-refractivity contribution in [1.29, 1.82) is 0 Å². The lowest BCUT2D eigenvalue weighted by Crippen LogP contribution is -2.39. The number of piperidine rings is 1. The van der Waals surface area contributed by atoms with Crippen LogP contribution in [-0.2, 0) is 4.79 Å². The highest BCUT2D eigenvalue weighted by Gasteiger charge is 2.34. The second-order valence-electron chi connectivity index (χ2n) is 6.45. The lowest BCUT2D eigenvalue weighted by atomic mass is 9.89. The van der Waals surface area contributed by atoms with Gasteiger partial charge in [-0.25, -0.2) is 4.98 Å². The molecular formula is C15H24ClN3OS. The van der Waals surface area contributed by atoms with E-state index in [0.717, 1.165) is 18.0 Å². The molecule has 4 nitrogen and oxygen atoms in total. The zero-order valence-electron chi connectivity index (χ0n) is 12.6. The van der Waals surface area contributed by atoms with Gasteiger partial charge in [0.2, 0.25) is 5.91 Å². The minimum atomic E-state index is 0. The summed E-state index contributed by atoms with van der Waals surface area (Å²) in [7, 11) is 0. The first-order valence-electron chi connectivity index (χ1n) is 7.61. The van der Waals surface area contributed by atoms with Crippen LogP contribution in [0.2, 0.25) is 0 Å². The van der Waals surface area contributed by atoms with Crippen LogP contribution >= 0.6 is 23.7 Å². The monoisotopic (exact) mass is 329 g/mol. The molecule has 2 atom stereocenters. The van der Waals surface area contributed by atoms with E-state index in [-0.39, 0.29) is 18.3 Å². The Morgan fingerprint density at radius 2 is 2.10 bits per heavy atom. The Morgan fingerprint density at radius 3 is 2.67 bits per heavy atom. The van der Waals surface area contributed by atoms with E-state index in [1.165, 1.54) is 17.7 Å². The van der Waals surface area contributed by atoms with E-state index in [9.17, 15) is 4.79 Å². The van der Waals surface area contributed by atoms with Crippen molar-refractivity contribution in [3.8, 4) is 0 Å². The zero-order valence-corrected chi connectivity index (χ0v) is 14.2. The molecule has 2 bridgehead atoms. The van der Waals surface area contributed by atoms with Gasteiger partial charge in [-0.3, -0.25) is 4.79 Å². The second-order valence-corrected chi connectivity index (χ2v) is 7.51. The first kappa shape index (κ1) is 16.7. The van der Waals surface area contributed by atoms with Gasteiger partial charge in [0.15, 0.2) is 5.13 Å². The summed E-state index contributed by atoms with van der Waals surface area (Å²) < 4.78 is 0. The highest BCUT2D eigenvalue weighted by molar-refractivity contribution is 7.15. The molecule has 2 unspecified atom stereocenters. The van der Waals surface area contributed by atoms with Crippen molar-refractivity contribution in [2.75, 3.05) is 5.32 Å².